The van der Waals surface area contributed by atoms with Crippen molar-refractivity contribution in [2.45, 2.75) is 51.2 Å². The third-order valence-corrected chi connectivity index (χ3v) is 5.16. The number of carbonyl (C=O) groups excluding carboxylic acids is 1. The number of hydrogen-bond acceptors (Lipinski definition) is 6. The highest BCUT2D eigenvalue weighted by atomic mass is 16.5. The van der Waals surface area contributed by atoms with Crippen molar-refractivity contribution in [2.75, 3.05) is 0 Å². The Morgan fingerprint density at radius 3 is 2.55 bits per heavy atom. The van der Waals surface area contributed by atoms with Gasteiger partial charge in [-0.1, -0.05) is 24.3 Å². The van der Waals surface area contributed by atoms with Crippen LogP contribution >= 0.6 is 0 Å². The summed E-state index contributed by atoms with van der Waals surface area (Å²) in [6.45, 7) is 5.27. The summed E-state index contributed by atoms with van der Waals surface area (Å²) >= 11 is 0. The number of rotatable bonds is 7. The number of phenols is 3. The van der Waals surface area contributed by atoms with E-state index in [0.29, 0.717) is 24.2 Å². The van der Waals surface area contributed by atoms with E-state index < -0.39 is 11.2 Å². The second kappa shape index (κ2) is 8.47. The van der Waals surface area contributed by atoms with Gasteiger partial charge in [-0.05, 0) is 57.0 Å². The number of aromatic hydroxyl groups is 3. The van der Waals surface area contributed by atoms with Crippen LogP contribution in [0.2, 0.25) is 0 Å². The molecule has 0 amide bonds. The molecule has 0 saturated heterocycles. The molecule has 1 atom stereocenters. The number of phenolic OH excluding ortho intramolecular Hbond substituents is 3. The fourth-order valence-corrected chi connectivity index (χ4v) is 3.49. The van der Waals surface area contributed by atoms with Crippen LogP contribution in [0.1, 0.15) is 55.1 Å². The fourth-order valence-electron chi connectivity index (χ4n) is 3.49. The van der Waals surface area contributed by atoms with Crippen LogP contribution in [0.4, 0.5) is 0 Å². The van der Waals surface area contributed by atoms with Crippen LogP contribution in [0.3, 0.4) is 0 Å². The lowest BCUT2D eigenvalue weighted by Gasteiger charge is -2.32. The van der Waals surface area contributed by atoms with E-state index in [1.165, 1.54) is 12.1 Å². The lowest BCUT2D eigenvalue weighted by Crippen LogP contribution is -2.31. The van der Waals surface area contributed by atoms with E-state index in [-0.39, 0.29) is 35.0 Å². The third kappa shape index (κ3) is 5.47. The van der Waals surface area contributed by atoms with Crippen LogP contribution in [0.25, 0.3) is 6.08 Å². The smallest absolute Gasteiger partial charge is 0.169 e. The highest BCUT2D eigenvalue weighted by Crippen LogP contribution is 2.41. The van der Waals surface area contributed by atoms with Gasteiger partial charge in [0.2, 0.25) is 0 Å². The zero-order valence-electron chi connectivity index (χ0n) is 17.9. The van der Waals surface area contributed by atoms with Crippen molar-refractivity contribution >= 4 is 11.9 Å². The van der Waals surface area contributed by atoms with Gasteiger partial charge in [-0.15, -0.1) is 0 Å². The normalized spacial score (nSPS) is 18.1. The first-order valence-corrected chi connectivity index (χ1v) is 10.2. The van der Waals surface area contributed by atoms with Crippen LogP contribution in [-0.2, 0) is 6.42 Å². The molecule has 2 aromatic rings. The van der Waals surface area contributed by atoms with E-state index in [2.05, 4.69) is 0 Å². The Labute approximate surface area is 181 Å². The molecule has 0 unspecified atom stereocenters. The number of aliphatic hydroxyl groups is 1. The number of aryl methyl sites for hydroxylation is 1. The summed E-state index contributed by atoms with van der Waals surface area (Å²) < 4.78 is 6.11. The Morgan fingerprint density at radius 2 is 1.87 bits per heavy atom. The molecule has 0 bridgehead atoms. The van der Waals surface area contributed by atoms with Crippen molar-refractivity contribution in [3.63, 3.8) is 0 Å². The van der Waals surface area contributed by atoms with Crippen molar-refractivity contribution in [2.24, 2.45) is 0 Å². The van der Waals surface area contributed by atoms with Crippen molar-refractivity contribution in [1.29, 1.82) is 0 Å². The van der Waals surface area contributed by atoms with Gasteiger partial charge in [-0.2, -0.15) is 0 Å². The second-order valence-corrected chi connectivity index (χ2v) is 8.62. The molecule has 31 heavy (non-hydrogen) atoms. The van der Waals surface area contributed by atoms with Gasteiger partial charge in [0.1, 0.15) is 17.1 Å². The highest BCUT2D eigenvalue weighted by Gasteiger charge is 2.29. The van der Waals surface area contributed by atoms with Crippen LogP contribution in [0.5, 0.6) is 23.0 Å². The maximum atomic E-state index is 12.5. The molecule has 0 spiro atoms. The summed E-state index contributed by atoms with van der Waals surface area (Å²) in [7, 11) is 0. The summed E-state index contributed by atoms with van der Waals surface area (Å²) in [5, 5.41) is 39.5. The first-order valence-electron chi connectivity index (χ1n) is 10.2. The minimum atomic E-state index is -0.916. The molecular formula is C25H28O6. The van der Waals surface area contributed by atoms with Crippen molar-refractivity contribution in [3.8, 4) is 23.0 Å². The van der Waals surface area contributed by atoms with E-state index >= 15 is 0 Å². The predicted octanol–water partition coefficient (Wildman–Crippen LogP) is 4.50. The van der Waals surface area contributed by atoms with Gasteiger partial charge < -0.3 is 25.2 Å². The second-order valence-electron chi connectivity index (χ2n) is 8.62. The Balaban J connectivity index is 1.77. The maximum Gasteiger partial charge on any atom is 0.169 e. The molecule has 1 aliphatic heterocycles. The SMILES string of the molecule is CC(C)(O)/C=C/C[C@]1(C)C=Cc2c(CCC(=O)c3ccc(O)cc3O)ccc(O)c2O1. The van der Waals surface area contributed by atoms with Gasteiger partial charge in [0.15, 0.2) is 17.3 Å². The highest BCUT2D eigenvalue weighted by molar-refractivity contribution is 5.98. The topological polar surface area (TPSA) is 107 Å². The number of fused-ring (bicyclic) bond motifs is 1. The van der Waals surface area contributed by atoms with Crippen LogP contribution in [0, 0.1) is 0 Å². The molecule has 4 N–H and O–H groups in total. The summed E-state index contributed by atoms with van der Waals surface area (Å²) in [6, 6.07) is 7.19. The quantitative estimate of drug-likeness (QED) is 0.385. The summed E-state index contributed by atoms with van der Waals surface area (Å²) in [6.07, 6.45) is 8.38. The minimum absolute atomic E-state index is 0.0169. The van der Waals surface area contributed by atoms with E-state index in [4.69, 9.17) is 4.74 Å². The molecule has 1 heterocycles. The standard InChI is InChI=1S/C25H28O6/c1-24(2,30)12-4-13-25(3)14-11-18-16(6-10-21(28)23(18)31-25)5-9-20(27)19-8-7-17(26)15-22(19)29/h4,6-8,10-12,14-15,26,28-30H,5,9,13H2,1-3H3/b12-4+/t25-/m1/s1. The molecular weight excluding hydrogens is 396 g/mol. The van der Waals surface area contributed by atoms with Crippen molar-refractivity contribution < 1.29 is 30.0 Å². The van der Waals surface area contributed by atoms with Crippen LogP contribution < -0.4 is 4.74 Å². The summed E-state index contributed by atoms with van der Waals surface area (Å²) in [5.41, 5.74) is 0.110. The number of ether oxygens (including phenoxy) is 1. The number of ketones is 1. The first-order chi connectivity index (χ1) is 14.5. The van der Waals surface area contributed by atoms with Gasteiger partial charge >= 0.3 is 0 Å². The average molecular weight is 424 g/mol. The summed E-state index contributed by atoms with van der Waals surface area (Å²) in [4.78, 5) is 12.5. The van der Waals surface area contributed by atoms with Gasteiger partial charge in [-0.25, -0.2) is 0 Å². The zero-order chi connectivity index (χ0) is 22.8. The third-order valence-electron chi connectivity index (χ3n) is 5.16. The van der Waals surface area contributed by atoms with E-state index in [9.17, 15) is 25.2 Å². The molecule has 0 aromatic heterocycles. The molecule has 0 fully saturated rings. The Bertz CT molecular complexity index is 1040. The molecule has 0 radical (unpaired) electrons. The zero-order valence-corrected chi connectivity index (χ0v) is 17.9. The van der Waals surface area contributed by atoms with E-state index in [1.54, 1.807) is 32.1 Å². The molecule has 2 aromatic carbocycles. The van der Waals surface area contributed by atoms with E-state index in [0.717, 1.165) is 11.6 Å². The number of hydrogen-bond donors (Lipinski definition) is 4. The van der Waals surface area contributed by atoms with Gasteiger partial charge in [0.05, 0.1) is 11.2 Å². The lowest BCUT2D eigenvalue weighted by atomic mass is 9.91. The van der Waals surface area contributed by atoms with Crippen LogP contribution in [-0.4, -0.2) is 37.4 Å². The largest absolute Gasteiger partial charge is 0.508 e. The monoisotopic (exact) mass is 424 g/mol. The Morgan fingerprint density at radius 1 is 1.13 bits per heavy atom. The molecule has 6 heteroatoms. The fraction of sp³-hybridized carbons (Fsp3) is 0.320. The molecule has 0 aliphatic carbocycles. The first kappa shape index (κ1) is 22.4. The van der Waals surface area contributed by atoms with Crippen LogP contribution in [0.15, 0.2) is 48.6 Å². The van der Waals surface area contributed by atoms with Gasteiger partial charge in [0, 0.05) is 24.5 Å². The van der Waals surface area contributed by atoms with Gasteiger partial charge in [-0.3, -0.25) is 4.79 Å². The van der Waals surface area contributed by atoms with Crippen molar-refractivity contribution in [1.82, 2.24) is 0 Å². The number of benzene rings is 2. The maximum absolute atomic E-state index is 12.5. The molecule has 0 saturated carbocycles. The molecule has 6 nitrogen and oxygen atoms in total. The Kier molecular flexibility index (Phi) is 6.13. The predicted molar refractivity (Wildman–Crippen MR) is 119 cm³/mol. The number of carbonyl (C=O) groups is 1. The molecule has 164 valence electrons. The molecule has 3 rings (SSSR count). The summed E-state index contributed by atoms with van der Waals surface area (Å²) in [5.74, 6) is -0.232. The molecule has 1 aliphatic rings. The minimum Gasteiger partial charge on any atom is -0.508 e. The van der Waals surface area contributed by atoms with Crippen molar-refractivity contribution in [3.05, 3.63) is 65.3 Å². The Hall–Kier alpha value is -3.25. The van der Waals surface area contributed by atoms with E-state index in [1.807, 2.05) is 25.2 Å². The lowest BCUT2D eigenvalue weighted by molar-refractivity contribution is 0.0979. The van der Waals surface area contributed by atoms with Gasteiger partial charge in [0.25, 0.3) is 0 Å². The number of Topliss-reactive ketones (excluding diaryl/α,β-unsaturated/α-hetero) is 1. The average Bonchev–Trinajstić information content (AvgIpc) is 2.66.